The second-order valence-electron chi connectivity index (χ2n) is 20.5. The molecule has 4 aromatic carbocycles. The van der Waals surface area contributed by atoms with Gasteiger partial charge < -0.3 is 0 Å². The van der Waals surface area contributed by atoms with E-state index in [-0.39, 0.29) is 27.9 Å². The largest absolute Gasteiger partial charge is 0.294 e. The molecule has 8 rings (SSSR count). The molecule has 294 valence electrons. The molecule has 0 bridgehead atoms. The van der Waals surface area contributed by atoms with Crippen molar-refractivity contribution in [3.05, 3.63) is 130 Å². The van der Waals surface area contributed by atoms with Crippen molar-refractivity contribution in [2.75, 3.05) is 0 Å². The lowest BCUT2D eigenvalue weighted by Gasteiger charge is -2.35. The molecule has 2 nitrogen and oxygen atoms in total. The molecular formula is C54H66O2. The van der Waals surface area contributed by atoms with Gasteiger partial charge in [-0.15, -0.1) is 0 Å². The van der Waals surface area contributed by atoms with E-state index in [2.05, 4.69) is 128 Å². The second-order valence-corrected chi connectivity index (χ2v) is 20.5. The Hall–Kier alpha value is -4.04. The van der Waals surface area contributed by atoms with E-state index in [1.165, 1.54) is 109 Å². The highest BCUT2D eigenvalue weighted by molar-refractivity contribution is 6.14. The molecule has 2 heteroatoms. The van der Waals surface area contributed by atoms with Crippen LogP contribution in [0.1, 0.15) is 169 Å². The minimum Gasteiger partial charge on any atom is -0.294 e. The van der Waals surface area contributed by atoms with Crippen molar-refractivity contribution in [1.29, 1.82) is 0 Å². The summed E-state index contributed by atoms with van der Waals surface area (Å²) in [6.07, 6.45) is 18.0. The molecule has 2 fully saturated rings. The van der Waals surface area contributed by atoms with E-state index in [1.807, 2.05) is 18.2 Å². The van der Waals surface area contributed by atoms with Gasteiger partial charge in [0.15, 0.2) is 11.6 Å². The van der Waals surface area contributed by atoms with Crippen LogP contribution >= 0.6 is 0 Å². The molecule has 0 spiro atoms. The Balaban J connectivity index is 0.000000172. The van der Waals surface area contributed by atoms with Gasteiger partial charge in [0.05, 0.1) is 0 Å². The molecule has 4 aliphatic rings. The van der Waals surface area contributed by atoms with Gasteiger partial charge in [0.1, 0.15) is 0 Å². The SMILES string of the molecule is CC1(/C=C2\Cc3c(cccc3-c3ccc(C(C)(C)C)cc3)C2=O)CCCCC1.CC1(CC2Cc3c(cccc3-c3ccc(C(C)(C)C)cc3)C2=O)CCCCC1. The maximum absolute atomic E-state index is 13.2. The van der Waals surface area contributed by atoms with Gasteiger partial charge in [0, 0.05) is 29.0 Å². The number of fused-ring (bicyclic) bond motifs is 2. The van der Waals surface area contributed by atoms with E-state index in [0.29, 0.717) is 11.2 Å². The first-order chi connectivity index (χ1) is 26.5. The zero-order valence-corrected chi connectivity index (χ0v) is 35.7. The van der Waals surface area contributed by atoms with Crippen molar-refractivity contribution in [2.45, 2.75) is 150 Å². The monoisotopic (exact) mass is 747 g/mol. The summed E-state index contributed by atoms with van der Waals surface area (Å²) in [4.78, 5) is 26.3. The van der Waals surface area contributed by atoms with Gasteiger partial charge in [-0.3, -0.25) is 9.59 Å². The maximum atomic E-state index is 13.2. The molecule has 0 N–H and O–H groups in total. The molecule has 0 radical (unpaired) electrons. The molecule has 4 aromatic rings. The Labute approximate surface area is 338 Å². The van der Waals surface area contributed by atoms with Crippen molar-refractivity contribution in [2.24, 2.45) is 16.7 Å². The number of rotatable bonds is 5. The first-order valence-corrected chi connectivity index (χ1v) is 21.8. The van der Waals surface area contributed by atoms with Crippen LogP contribution in [0.25, 0.3) is 22.3 Å². The van der Waals surface area contributed by atoms with Crippen molar-refractivity contribution in [3.63, 3.8) is 0 Å². The highest BCUT2D eigenvalue weighted by atomic mass is 16.1. The van der Waals surface area contributed by atoms with E-state index >= 15 is 0 Å². The van der Waals surface area contributed by atoms with E-state index < -0.39 is 0 Å². The van der Waals surface area contributed by atoms with Crippen LogP contribution in [-0.4, -0.2) is 11.6 Å². The number of benzene rings is 4. The van der Waals surface area contributed by atoms with Crippen LogP contribution in [-0.2, 0) is 23.7 Å². The first-order valence-electron chi connectivity index (χ1n) is 21.8. The molecule has 0 amide bonds. The Morgan fingerprint density at radius 3 is 1.55 bits per heavy atom. The third kappa shape index (κ3) is 8.61. The number of carbonyl (C=O) groups excluding carboxylic acids is 2. The Bertz CT molecular complexity index is 2080. The van der Waals surface area contributed by atoms with Gasteiger partial charge >= 0.3 is 0 Å². The molecule has 56 heavy (non-hydrogen) atoms. The van der Waals surface area contributed by atoms with Crippen LogP contribution in [0.3, 0.4) is 0 Å². The molecular weight excluding hydrogens is 681 g/mol. The number of hydrogen-bond donors (Lipinski definition) is 0. The number of ketones is 2. The highest BCUT2D eigenvalue weighted by Gasteiger charge is 2.38. The summed E-state index contributed by atoms with van der Waals surface area (Å²) >= 11 is 0. The van der Waals surface area contributed by atoms with E-state index in [0.717, 1.165) is 36.0 Å². The third-order valence-corrected chi connectivity index (χ3v) is 13.8. The summed E-state index contributed by atoms with van der Waals surface area (Å²) < 4.78 is 0. The summed E-state index contributed by atoms with van der Waals surface area (Å²) in [6, 6.07) is 30.4. The number of allylic oxidation sites excluding steroid dienone is 2. The summed E-state index contributed by atoms with van der Waals surface area (Å²) in [5.41, 5.74) is 13.8. The minimum atomic E-state index is 0.151. The summed E-state index contributed by atoms with van der Waals surface area (Å²) in [5, 5.41) is 0. The van der Waals surface area contributed by atoms with E-state index in [9.17, 15) is 9.59 Å². The molecule has 4 aliphatic carbocycles. The Morgan fingerprint density at radius 1 is 0.571 bits per heavy atom. The third-order valence-electron chi connectivity index (χ3n) is 13.8. The fourth-order valence-corrected chi connectivity index (χ4v) is 10.3. The topological polar surface area (TPSA) is 34.1 Å². The quantitative estimate of drug-likeness (QED) is 0.191. The van der Waals surface area contributed by atoms with Gasteiger partial charge in [-0.25, -0.2) is 0 Å². The second kappa shape index (κ2) is 15.7. The van der Waals surface area contributed by atoms with Crippen LogP contribution in [0.4, 0.5) is 0 Å². The number of hydrogen-bond acceptors (Lipinski definition) is 2. The molecule has 0 aliphatic heterocycles. The first kappa shape index (κ1) is 40.2. The summed E-state index contributed by atoms with van der Waals surface area (Å²) in [7, 11) is 0. The van der Waals surface area contributed by atoms with Crippen molar-refractivity contribution < 1.29 is 9.59 Å². The molecule has 1 unspecified atom stereocenters. The Kier molecular flexibility index (Phi) is 11.3. The van der Waals surface area contributed by atoms with E-state index in [4.69, 9.17) is 0 Å². The average Bonchev–Trinajstić information content (AvgIpc) is 3.65. The van der Waals surface area contributed by atoms with Gasteiger partial charge in [0.2, 0.25) is 0 Å². The molecule has 1 atom stereocenters. The average molecular weight is 747 g/mol. The fourth-order valence-electron chi connectivity index (χ4n) is 10.3. The van der Waals surface area contributed by atoms with Crippen LogP contribution in [0.5, 0.6) is 0 Å². The Morgan fingerprint density at radius 2 is 1.04 bits per heavy atom. The van der Waals surface area contributed by atoms with Crippen LogP contribution < -0.4 is 0 Å². The number of carbonyl (C=O) groups is 2. The lowest BCUT2D eigenvalue weighted by atomic mass is 9.70. The highest BCUT2D eigenvalue weighted by Crippen LogP contribution is 2.46. The van der Waals surface area contributed by atoms with Gasteiger partial charge in [-0.2, -0.15) is 0 Å². The lowest BCUT2D eigenvalue weighted by Crippen LogP contribution is -2.26. The predicted octanol–water partition coefficient (Wildman–Crippen LogP) is 14.7. The molecule has 0 saturated heterocycles. The summed E-state index contributed by atoms with van der Waals surface area (Å²) in [6.45, 7) is 18.2. The number of Topliss-reactive ketones (excluding diaryl/α,β-unsaturated/α-hetero) is 2. The summed E-state index contributed by atoms with van der Waals surface area (Å²) in [5.74, 6) is 0.804. The fraction of sp³-hybridized carbons (Fsp3) is 0.481. The standard InChI is InChI=1S/C27H34O.C27H32O/c2*1-26(2,3)21-13-11-19(12-14-21)22-9-8-10-23-24(22)17-20(25(23)28)18-27(4)15-6-5-7-16-27/h8-14,20H,5-7,15-18H2,1-4H3;8-14,18H,5-7,15-17H2,1-4H3/b;20-18+. The predicted molar refractivity (Wildman–Crippen MR) is 236 cm³/mol. The molecule has 0 heterocycles. The van der Waals surface area contributed by atoms with Gasteiger partial charge in [0.25, 0.3) is 0 Å². The van der Waals surface area contributed by atoms with Gasteiger partial charge in [-0.05, 0) is 105 Å². The van der Waals surface area contributed by atoms with Crippen LogP contribution in [0.2, 0.25) is 0 Å². The lowest BCUT2D eigenvalue weighted by molar-refractivity contribution is 0.0860. The van der Waals surface area contributed by atoms with Crippen molar-refractivity contribution in [3.8, 4) is 22.3 Å². The van der Waals surface area contributed by atoms with Gasteiger partial charge in [-0.1, -0.05) is 185 Å². The van der Waals surface area contributed by atoms with E-state index in [1.54, 1.807) is 0 Å². The zero-order chi connectivity index (χ0) is 39.9. The van der Waals surface area contributed by atoms with Crippen molar-refractivity contribution >= 4 is 11.6 Å². The molecule has 0 aromatic heterocycles. The normalized spacial score (nSPS) is 21.0. The zero-order valence-electron chi connectivity index (χ0n) is 35.7. The minimum absolute atomic E-state index is 0.151. The van der Waals surface area contributed by atoms with Crippen molar-refractivity contribution in [1.82, 2.24) is 0 Å². The van der Waals surface area contributed by atoms with Crippen LogP contribution in [0.15, 0.2) is 96.6 Å². The maximum Gasteiger partial charge on any atom is 0.189 e. The molecule has 2 saturated carbocycles. The smallest absolute Gasteiger partial charge is 0.189 e. The van der Waals surface area contributed by atoms with Crippen LogP contribution in [0, 0.1) is 16.7 Å².